The number of nitrogens with one attached hydrogen (secondary N) is 6. The molecule has 2 saturated heterocycles. The zero-order valence-corrected chi connectivity index (χ0v) is 53.7. The molecule has 0 aliphatic carbocycles. The number of cyclic esters (lactones) is 1. The molecule has 0 unspecified atom stereocenters. The lowest BCUT2D eigenvalue weighted by molar-refractivity contribution is -0.160. The number of likely N-dealkylation sites (N-methyl/N-ethyl adjacent to an activating group) is 1. The second kappa shape index (κ2) is 32.0. The molecule has 0 aromatic heterocycles. The molecule has 8 N–H and O–H groups in total. The quantitative estimate of drug-likeness (QED) is 0.0276. The van der Waals surface area contributed by atoms with Gasteiger partial charge in [0, 0.05) is 27.6 Å². The monoisotopic (exact) mass is 1240 g/mol. The fourth-order valence-electron chi connectivity index (χ4n) is 8.89. The van der Waals surface area contributed by atoms with Crippen LogP contribution >= 0.6 is 0 Å². The van der Waals surface area contributed by atoms with E-state index >= 15 is 9.59 Å². The summed E-state index contributed by atoms with van der Waals surface area (Å²) in [6.45, 7) is 22.4. The van der Waals surface area contributed by atoms with Gasteiger partial charge in [-0.05, 0) is 88.8 Å². The standard InChI is InChI=1S/C61H91N7O18Si/c1-16-35(4)47-54(75)67-50(41-22-24-42(25-23-41)85-39(8)61(33-83-61)27-26-45(70)81-28-29-87(13,14)15)57(78)68(12)44(30-40-20-18-17-19-21-40)53(74)65-48(37(6)69)55(76)63-43(32-82-46(71)31-62-59(80)86-60(9,10)11)58(79)84-38(7)49(56(77)64-47)66-52(73)36(5)51(72)34(2)3/h17-27,34-39,43-44,47-51,69,72H,16,28-33H2,1-15H3,(H,62,80)(H,63,76)(H,64,77)(H,65,74)(H,66,73)(H,67,75)/b27-26+/t35-,36+,37+,38+,39+,43-,44-,47+,48+,49-,50-,51+,61-/m0/s1. The van der Waals surface area contributed by atoms with E-state index in [2.05, 4.69) is 51.5 Å². The van der Waals surface area contributed by atoms with E-state index in [0.29, 0.717) is 17.9 Å². The van der Waals surface area contributed by atoms with Crippen LogP contribution in [0.15, 0.2) is 66.7 Å². The molecule has 7 amide bonds. The molecule has 2 heterocycles. The third kappa shape index (κ3) is 22.4. The Morgan fingerprint density at radius 3 is 2.01 bits per heavy atom. The highest BCUT2D eigenvalue weighted by molar-refractivity contribution is 6.76. The Morgan fingerprint density at radius 2 is 1.45 bits per heavy atom. The van der Waals surface area contributed by atoms with Gasteiger partial charge >= 0.3 is 24.0 Å². The second-order valence-corrected chi connectivity index (χ2v) is 30.5. The topological polar surface area (TPSA) is 345 Å². The lowest BCUT2D eigenvalue weighted by Gasteiger charge is -2.34. The van der Waals surface area contributed by atoms with Crippen molar-refractivity contribution in [2.45, 2.75) is 187 Å². The van der Waals surface area contributed by atoms with Crippen molar-refractivity contribution in [3.05, 3.63) is 77.9 Å². The molecule has 2 aromatic rings. The zero-order chi connectivity index (χ0) is 65.3. The first kappa shape index (κ1) is 72.1. The van der Waals surface area contributed by atoms with Crippen LogP contribution in [0.1, 0.15) is 99.8 Å². The average Bonchev–Trinajstić information content (AvgIpc) is 1.89. The lowest BCUT2D eigenvalue weighted by Crippen LogP contribution is -2.61. The summed E-state index contributed by atoms with van der Waals surface area (Å²) in [7, 11) is -0.141. The molecule has 2 aliphatic rings. The van der Waals surface area contributed by atoms with Crippen LogP contribution in [0.4, 0.5) is 4.79 Å². The first-order chi connectivity index (χ1) is 40.6. The number of carbonyl (C=O) groups is 10. The molecule has 0 bridgehead atoms. The number of hydrogen-bond donors (Lipinski definition) is 8. The van der Waals surface area contributed by atoms with Crippen molar-refractivity contribution in [3.63, 3.8) is 0 Å². The lowest BCUT2D eigenvalue weighted by atomic mass is 9.93. The molecular weight excluding hydrogens is 1150 g/mol. The Hall–Kier alpha value is -7.42. The summed E-state index contributed by atoms with van der Waals surface area (Å²) >= 11 is 0. The number of aliphatic hydroxyl groups excluding tert-OH is 2. The fraction of sp³-hybridized carbons (Fsp3) is 0.607. The molecule has 13 atom stereocenters. The Morgan fingerprint density at radius 1 is 0.839 bits per heavy atom. The van der Waals surface area contributed by atoms with Gasteiger partial charge < -0.3 is 75.4 Å². The van der Waals surface area contributed by atoms with E-state index in [1.807, 2.05) is 0 Å². The van der Waals surface area contributed by atoms with Crippen molar-refractivity contribution in [1.82, 2.24) is 36.8 Å². The van der Waals surface area contributed by atoms with Gasteiger partial charge in [0.15, 0.2) is 6.04 Å². The van der Waals surface area contributed by atoms with Crippen LogP contribution in [0.5, 0.6) is 5.75 Å². The van der Waals surface area contributed by atoms with Gasteiger partial charge in [-0.25, -0.2) is 14.4 Å². The van der Waals surface area contributed by atoms with E-state index in [-0.39, 0.29) is 25.0 Å². The molecule has 4 rings (SSSR count). The van der Waals surface area contributed by atoms with Gasteiger partial charge in [-0.15, -0.1) is 0 Å². The van der Waals surface area contributed by atoms with Crippen molar-refractivity contribution in [2.24, 2.45) is 17.8 Å². The first-order valence-electron chi connectivity index (χ1n) is 29.3. The van der Waals surface area contributed by atoms with Gasteiger partial charge in [-0.3, -0.25) is 33.6 Å². The smallest absolute Gasteiger partial charge is 0.408 e. The molecule has 0 radical (unpaired) electrons. The van der Waals surface area contributed by atoms with Gasteiger partial charge in [0.25, 0.3) is 0 Å². The number of benzene rings is 2. The van der Waals surface area contributed by atoms with E-state index < -0.39 is 170 Å². The molecule has 2 aromatic carbocycles. The van der Waals surface area contributed by atoms with E-state index in [1.165, 1.54) is 39.1 Å². The molecule has 482 valence electrons. The predicted molar refractivity (Wildman–Crippen MR) is 321 cm³/mol. The number of ether oxygens (including phenoxy) is 6. The number of alkyl carbamates (subject to hydrolysis) is 1. The Bertz CT molecular complexity index is 2750. The molecule has 2 aliphatic heterocycles. The van der Waals surface area contributed by atoms with Crippen molar-refractivity contribution in [1.29, 1.82) is 0 Å². The number of rotatable bonds is 22. The number of esters is 3. The van der Waals surface area contributed by atoms with Gasteiger partial charge in [-0.2, -0.15) is 0 Å². The van der Waals surface area contributed by atoms with E-state index in [9.17, 15) is 48.6 Å². The molecule has 25 nitrogen and oxygen atoms in total. The maximum absolute atomic E-state index is 15.4. The van der Waals surface area contributed by atoms with Crippen LogP contribution in [-0.2, 0) is 73.3 Å². The van der Waals surface area contributed by atoms with Crippen molar-refractivity contribution in [3.8, 4) is 5.75 Å². The minimum atomic E-state index is -1.98. The van der Waals surface area contributed by atoms with Crippen LogP contribution in [0.3, 0.4) is 0 Å². The minimum absolute atomic E-state index is 0.175. The van der Waals surface area contributed by atoms with Gasteiger partial charge in [0.05, 0.1) is 31.3 Å². The van der Waals surface area contributed by atoms with Gasteiger partial charge in [-0.1, -0.05) is 103 Å². The van der Waals surface area contributed by atoms with Crippen molar-refractivity contribution < 1.29 is 86.6 Å². The normalized spacial score (nSPS) is 24.6. The number of epoxide rings is 1. The minimum Gasteiger partial charge on any atom is -0.487 e. The summed E-state index contributed by atoms with van der Waals surface area (Å²) < 4.78 is 33.7. The highest BCUT2D eigenvalue weighted by Crippen LogP contribution is 2.36. The van der Waals surface area contributed by atoms with Crippen molar-refractivity contribution in [2.75, 3.05) is 33.4 Å². The van der Waals surface area contributed by atoms with Crippen molar-refractivity contribution >= 4 is 67.5 Å². The number of amides is 7. The highest BCUT2D eigenvalue weighted by Gasteiger charge is 2.50. The summed E-state index contributed by atoms with van der Waals surface area (Å²) in [4.78, 5) is 142. The van der Waals surface area contributed by atoms with Crippen LogP contribution in [0.2, 0.25) is 25.7 Å². The molecule has 2 fully saturated rings. The largest absolute Gasteiger partial charge is 0.487 e. The molecule has 0 spiro atoms. The summed E-state index contributed by atoms with van der Waals surface area (Å²) in [5.41, 5.74) is -1.16. The molecule has 87 heavy (non-hydrogen) atoms. The number of aliphatic hydroxyl groups is 2. The summed E-state index contributed by atoms with van der Waals surface area (Å²) in [6, 6.07) is 5.12. The Kier molecular flexibility index (Phi) is 26.5. The zero-order valence-electron chi connectivity index (χ0n) is 52.7. The van der Waals surface area contributed by atoms with E-state index in [0.717, 1.165) is 17.9 Å². The maximum Gasteiger partial charge on any atom is 0.408 e. The third-order valence-corrected chi connectivity index (χ3v) is 16.5. The molecule has 26 heteroatoms. The third-order valence-electron chi connectivity index (χ3n) is 14.8. The van der Waals surface area contributed by atoms with Gasteiger partial charge in [0.2, 0.25) is 35.4 Å². The average molecular weight is 1240 g/mol. The maximum atomic E-state index is 15.4. The predicted octanol–water partition coefficient (Wildman–Crippen LogP) is 2.92. The van der Waals surface area contributed by atoms with Crippen LogP contribution in [0.25, 0.3) is 0 Å². The van der Waals surface area contributed by atoms with E-state index in [4.69, 9.17) is 28.4 Å². The molecule has 0 saturated carbocycles. The van der Waals surface area contributed by atoms with Crippen LogP contribution in [0, 0.1) is 17.8 Å². The van der Waals surface area contributed by atoms with Gasteiger partial charge in [0.1, 0.15) is 72.5 Å². The van der Waals surface area contributed by atoms with Crippen LogP contribution in [-0.4, -0.2) is 182 Å². The number of nitrogens with zero attached hydrogens (tertiary/aromatic N) is 1. The Labute approximate surface area is 510 Å². The Balaban J connectivity index is 1.85. The van der Waals surface area contributed by atoms with Crippen LogP contribution < -0.4 is 36.6 Å². The second-order valence-electron chi connectivity index (χ2n) is 24.8. The summed E-state index contributed by atoms with van der Waals surface area (Å²) in [5.74, 6) is -10.9. The molecular formula is C61H91N7O18Si. The first-order valence-corrected chi connectivity index (χ1v) is 33.1. The highest BCUT2D eigenvalue weighted by atomic mass is 28.3. The SMILES string of the molecule is CC[C@H](C)[C@H]1NC(=O)[C@@H](NC(=O)[C@H](C)[C@H](O)C(C)C)[C@@H](C)OC(=O)[C@H](COC(=O)CNC(=O)OC(C)(C)C)NC(=O)[C@@H]([C@@H](C)O)NC(=O)[C@H](Cc2ccccc2)N(C)C(=O)[C@H](c2ccc(O[C@H](C)[C@]3(/C=C/C(=O)OCC[Si](C)(C)C)CO3)cc2)NC1=O. The number of carbonyl (C=O) groups excluding carboxylic acids is 10. The summed E-state index contributed by atoms with van der Waals surface area (Å²) in [5, 5.41) is 37.2. The van der Waals surface area contributed by atoms with E-state index in [1.54, 1.807) is 104 Å². The summed E-state index contributed by atoms with van der Waals surface area (Å²) in [6.07, 6.45) is -3.24. The number of hydrogen-bond acceptors (Lipinski definition) is 18. The fourth-order valence-corrected chi connectivity index (χ4v) is 9.60.